The van der Waals surface area contributed by atoms with Crippen molar-refractivity contribution in [3.63, 3.8) is 0 Å². The lowest BCUT2D eigenvalue weighted by molar-refractivity contribution is -0.137. The molecule has 7 heteroatoms. The van der Waals surface area contributed by atoms with Gasteiger partial charge in [-0.25, -0.2) is 8.42 Å². The number of alkyl halides is 3. The molecular formula is C13H17F3O3S. The number of rotatable bonds is 6. The van der Waals surface area contributed by atoms with Gasteiger partial charge >= 0.3 is 6.18 Å². The van der Waals surface area contributed by atoms with Crippen molar-refractivity contribution in [3.8, 4) is 0 Å². The van der Waals surface area contributed by atoms with E-state index in [9.17, 15) is 26.7 Å². The van der Waals surface area contributed by atoms with E-state index >= 15 is 0 Å². The Morgan fingerprint density at radius 3 is 2.20 bits per heavy atom. The molecule has 1 aromatic rings. The summed E-state index contributed by atoms with van der Waals surface area (Å²) in [5.74, 6) is -0.00291. The molecule has 0 aliphatic carbocycles. The summed E-state index contributed by atoms with van der Waals surface area (Å²) in [5, 5.41) is 9.71. The highest BCUT2D eigenvalue weighted by atomic mass is 32.2. The van der Waals surface area contributed by atoms with Gasteiger partial charge in [-0.05, 0) is 37.0 Å². The van der Waals surface area contributed by atoms with Crippen LogP contribution in [0.1, 0.15) is 24.0 Å². The lowest BCUT2D eigenvalue weighted by Crippen LogP contribution is -2.13. The SMILES string of the molecule is CS(=O)(=O)CCCC(O)Cc1ccc(C(F)(F)F)cc1. The second kappa shape index (κ2) is 6.58. The highest BCUT2D eigenvalue weighted by Crippen LogP contribution is 2.29. The van der Waals surface area contributed by atoms with Crippen molar-refractivity contribution >= 4 is 9.84 Å². The summed E-state index contributed by atoms with van der Waals surface area (Å²) in [6, 6.07) is 4.59. The van der Waals surface area contributed by atoms with Gasteiger partial charge in [-0.1, -0.05) is 12.1 Å². The van der Waals surface area contributed by atoms with Gasteiger partial charge in [0.15, 0.2) is 0 Å². The summed E-state index contributed by atoms with van der Waals surface area (Å²) < 4.78 is 58.9. The highest BCUT2D eigenvalue weighted by Gasteiger charge is 2.29. The van der Waals surface area contributed by atoms with E-state index in [0.29, 0.717) is 18.4 Å². The first-order chi connectivity index (χ1) is 9.08. The molecule has 1 N–H and O–H groups in total. The lowest BCUT2D eigenvalue weighted by atomic mass is 10.0. The third-order valence-electron chi connectivity index (χ3n) is 2.81. The molecule has 0 aliphatic heterocycles. The summed E-state index contributed by atoms with van der Waals surface area (Å²) >= 11 is 0. The molecule has 0 radical (unpaired) electrons. The van der Waals surface area contributed by atoms with Crippen LogP contribution >= 0.6 is 0 Å². The molecule has 0 bridgehead atoms. The van der Waals surface area contributed by atoms with E-state index in [1.807, 2.05) is 0 Å². The van der Waals surface area contributed by atoms with E-state index in [1.54, 1.807) is 0 Å². The van der Waals surface area contributed by atoms with Crippen LogP contribution in [0.25, 0.3) is 0 Å². The molecule has 0 heterocycles. The zero-order valence-electron chi connectivity index (χ0n) is 11.0. The van der Waals surface area contributed by atoms with Crippen molar-refractivity contribution in [2.24, 2.45) is 0 Å². The Hall–Kier alpha value is -1.08. The second-order valence-corrected chi connectivity index (χ2v) is 7.08. The van der Waals surface area contributed by atoms with Crippen LogP contribution in [0.2, 0.25) is 0 Å². The second-order valence-electron chi connectivity index (χ2n) is 4.82. The van der Waals surface area contributed by atoms with Gasteiger partial charge < -0.3 is 5.11 Å². The quantitative estimate of drug-likeness (QED) is 0.878. The third kappa shape index (κ3) is 6.38. The van der Waals surface area contributed by atoms with Gasteiger partial charge in [0.05, 0.1) is 11.7 Å². The number of aliphatic hydroxyl groups excluding tert-OH is 1. The summed E-state index contributed by atoms with van der Waals surface area (Å²) in [6.07, 6.45) is -3.16. The summed E-state index contributed by atoms with van der Waals surface area (Å²) in [7, 11) is -3.05. The van der Waals surface area contributed by atoms with E-state index < -0.39 is 27.7 Å². The molecule has 0 aliphatic rings. The first kappa shape index (κ1) is 17.0. The van der Waals surface area contributed by atoms with E-state index in [4.69, 9.17) is 0 Å². The first-order valence-electron chi connectivity index (χ1n) is 6.10. The van der Waals surface area contributed by atoms with Crippen molar-refractivity contribution in [1.82, 2.24) is 0 Å². The van der Waals surface area contributed by atoms with Crippen LogP contribution in [0.5, 0.6) is 0 Å². The Labute approximate surface area is 116 Å². The van der Waals surface area contributed by atoms with Gasteiger partial charge in [0.25, 0.3) is 0 Å². The van der Waals surface area contributed by atoms with Crippen molar-refractivity contribution < 1.29 is 26.7 Å². The topological polar surface area (TPSA) is 54.4 Å². The molecule has 1 unspecified atom stereocenters. The summed E-state index contributed by atoms with van der Waals surface area (Å²) in [6.45, 7) is 0. The fourth-order valence-electron chi connectivity index (χ4n) is 1.79. The van der Waals surface area contributed by atoms with Gasteiger partial charge in [-0.2, -0.15) is 13.2 Å². The number of hydrogen-bond acceptors (Lipinski definition) is 3. The van der Waals surface area contributed by atoms with Crippen LogP contribution < -0.4 is 0 Å². The molecule has 3 nitrogen and oxygen atoms in total. The molecule has 0 fully saturated rings. The Morgan fingerprint density at radius 2 is 1.75 bits per heavy atom. The molecule has 0 saturated carbocycles. The molecule has 114 valence electrons. The van der Waals surface area contributed by atoms with Crippen LogP contribution in [0.15, 0.2) is 24.3 Å². The summed E-state index contributed by atoms with van der Waals surface area (Å²) in [4.78, 5) is 0. The van der Waals surface area contributed by atoms with E-state index in [-0.39, 0.29) is 12.2 Å². The molecule has 1 atom stereocenters. The minimum absolute atomic E-state index is 0.00291. The molecule has 1 rings (SSSR count). The standard InChI is InChI=1S/C13H17F3O3S/c1-20(18,19)8-2-3-12(17)9-10-4-6-11(7-5-10)13(14,15)16/h4-7,12,17H,2-3,8-9H2,1H3. The molecule has 0 saturated heterocycles. The van der Waals surface area contributed by atoms with Gasteiger partial charge in [0, 0.05) is 12.0 Å². The zero-order chi connectivity index (χ0) is 15.4. The number of aliphatic hydroxyl groups is 1. The largest absolute Gasteiger partial charge is 0.416 e. The summed E-state index contributed by atoms with van der Waals surface area (Å²) in [5.41, 5.74) is -0.141. The van der Waals surface area contributed by atoms with Crippen molar-refractivity contribution in [2.45, 2.75) is 31.5 Å². The minimum Gasteiger partial charge on any atom is -0.393 e. The number of sulfone groups is 1. The Morgan fingerprint density at radius 1 is 1.20 bits per heavy atom. The Bertz CT molecular complexity index is 521. The van der Waals surface area contributed by atoms with Crippen LogP contribution in [0.4, 0.5) is 13.2 Å². The number of hydrogen-bond donors (Lipinski definition) is 1. The maximum Gasteiger partial charge on any atom is 0.416 e. The maximum absolute atomic E-state index is 12.4. The Kier molecular flexibility index (Phi) is 5.59. The normalized spacial score (nSPS) is 14.2. The van der Waals surface area contributed by atoms with Gasteiger partial charge in [-0.15, -0.1) is 0 Å². The average Bonchev–Trinajstić information content (AvgIpc) is 2.26. The molecule has 20 heavy (non-hydrogen) atoms. The van der Waals surface area contributed by atoms with E-state index in [2.05, 4.69) is 0 Å². The number of benzene rings is 1. The minimum atomic E-state index is -4.37. The average molecular weight is 310 g/mol. The zero-order valence-corrected chi connectivity index (χ0v) is 11.8. The van der Waals surface area contributed by atoms with Crippen LogP contribution in [-0.4, -0.2) is 31.6 Å². The molecule has 0 amide bonds. The van der Waals surface area contributed by atoms with Gasteiger partial charge in [0.1, 0.15) is 9.84 Å². The molecule has 0 spiro atoms. The van der Waals surface area contributed by atoms with Gasteiger partial charge in [0.2, 0.25) is 0 Å². The third-order valence-corrected chi connectivity index (χ3v) is 3.84. The maximum atomic E-state index is 12.4. The molecular weight excluding hydrogens is 293 g/mol. The highest BCUT2D eigenvalue weighted by molar-refractivity contribution is 7.90. The van der Waals surface area contributed by atoms with Crippen LogP contribution in [0.3, 0.4) is 0 Å². The van der Waals surface area contributed by atoms with Crippen molar-refractivity contribution in [1.29, 1.82) is 0 Å². The van der Waals surface area contributed by atoms with E-state index in [1.165, 1.54) is 12.1 Å². The fourth-order valence-corrected chi connectivity index (χ4v) is 2.48. The van der Waals surface area contributed by atoms with Crippen molar-refractivity contribution in [2.75, 3.05) is 12.0 Å². The molecule has 1 aromatic carbocycles. The Balaban J connectivity index is 2.48. The predicted octanol–water partition coefficient (Wildman–Crippen LogP) is 2.43. The predicted molar refractivity (Wildman–Crippen MR) is 70.1 cm³/mol. The smallest absolute Gasteiger partial charge is 0.393 e. The molecule has 0 aromatic heterocycles. The fraction of sp³-hybridized carbons (Fsp3) is 0.538. The number of halogens is 3. The van der Waals surface area contributed by atoms with Crippen LogP contribution in [-0.2, 0) is 22.4 Å². The lowest BCUT2D eigenvalue weighted by Gasteiger charge is -2.11. The monoisotopic (exact) mass is 310 g/mol. The van der Waals surface area contributed by atoms with E-state index in [0.717, 1.165) is 18.4 Å². The van der Waals surface area contributed by atoms with Crippen molar-refractivity contribution in [3.05, 3.63) is 35.4 Å². The van der Waals surface area contributed by atoms with Gasteiger partial charge in [-0.3, -0.25) is 0 Å². The first-order valence-corrected chi connectivity index (χ1v) is 8.16. The van der Waals surface area contributed by atoms with Crippen LogP contribution in [0, 0.1) is 0 Å².